The van der Waals surface area contributed by atoms with Gasteiger partial charge in [-0.3, -0.25) is 4.79 Å². The van der Waals surface area contributed by atoms with Gasteiger partial charge in [-0.1, -0.05) is 48.0 Å². The van der Waals surface area contributed by atoms with Crippen LogP contribution in [-0.2, 0) is 6.54 Å². The fourth-order valence-electron chi connectivity index (χ4n) is 3.78. The van der Waals surface area contributed by atoms with Crippen LogP contribution in [0, 0.1) is 0 Å². The molecule has 0 unspecified atom stereocenters. The van der Waals surface area contributed by atoms with Crippen molar-refractivity contribution in [3.05, 3.63) is 101 Å². The average Bonchev–Trinajstić information content (AvgIpc) is 3.32. The number of likely N-dealkylation sites (N-methyl/N-ethyl adjacent to an activating group) is 1. The van der Waals surface area contributed by atoms with Gasteiger partial charge in [-0.05, 0) is 68.2 Å². The Balaban J connectivity index is 1.76. The molecular weight excluding hydrogens is 460 g/mol. The Kier molecular flexibility index (Phi) is 7.85. The highest BCUT2D eigenvalue weighted by molar-refractivity contribution is 6.30. The van der Waals surface area contributed by atoms with E-state index in [9.17, 15) is 4.79 Å². The number of halogens is 1. The summed E-state index contributed by atoms with van der Waals surface area (Å²) in [5.74, 6) is 0.667. The first-order valence-corrected chi connectivity index (χ1v) is 11.8. The van der Waals surface area contributed by atoms with Crippen molar-refractivity contribution in [3.8, 4) is 22.7 Å². The normalized spacial score (nSPS) is 11.0. The molecule has 0 saturated carbocycles. The SMILES string of the molecule is COc1ccc(-c2cc(C(=O)N(CCN(C)C)Cc3ccccc3)n(-c3cccc(Cl)c3)n2)cc1. The molecule has 35 heavy (non-hydrogen) atoms. The molecule has 3 aromatic carbocycles. The minimum absolute atomic E-state index is 0.0945. The second-order valence-corrected chi connectivity index (χ2v) is 8.99. The molecule has 0 atom stereocenters. The van der Waals surface area contributed by atoms with E-state index in [1.165, 1.54) is 0 Å². The summed E-state index contributed by atoms with van der Waals surface area (Å²) in [5, 5.41) is 5.39. The lowest BCUT2D eigenvalue weighted by Crippen LogP contribution is -2.37. The van der Waals surface area contributed by atoms with Crippen LogP contribution in [0.3, 0.4) is 0 Å². The third-order valence-corrected chi connectivity index (χ3v) is 5.92. The van der Waals surface area contributed by atoms with Gasteiger partial charge in [0, 0.05) is 30.2 Å². The molecule has 0 spiro atoms. The molecule has 0 aliphatic carbocycles. The van der Waals surface area contributed by atoms with Crippen molar-refractivity contribution in [1.29, 1.82) is 0 Å². The molecule has 0 aliphatic rings. The minimum atomic E-state index is -0.0945. The van der Waals surface area contributed by atoms with Crippen molar-refractivity contribution in [1.82, 2.24) is 19.6 Å². The Morgan fingerprint density at radius 2 is 1.69 bits per heavy atom. The lowest BCUT2D eigenvalue weighted by Gasteiger charge is -2.25. The zero-order chi connectivity index (χ0) is 24.8. The molecule has 7 heteroatoms. The van der Waals surface area contributed by atoms with Crippen LogP contribution in [-0.4, -0.2) is 59.8 Å². The van der Waals surface area contributed by atoms with E-state index < -0.39 is 0 Å². The molecule has 0 fully saturated rings. The summed E-state index contributed by atoms with van der Waals surface area (Å²) in [6.07, 6.45) is 0. The van der Waals surface area contributed by atoms with Crippen LogP contribution in [0.15, 0.2) is 84.9 Å². The standard InChI is InChI=1S/C28H29ClN4O2/c1-31(2)16-17-32(20-21-8-5-4-6-9-21)28(34)27-19-26(22-12-14-25(35-3)15-13-22)30-33(27)24-11-7-10-23(29)18-24/h4-15,18-19H,16-17,20H2,1-3H3. The van der Waals surface area contributed by atoms with Crippen molar-refractivity contribution in [2.75, 3.05) is 34.3 Å². The number of aromatic nitrogens is 2. The fraction of sp³-hybridized carbons (Fsp3) is 0.214. The first-order valence-electron chi connectivity index (χ1n) is 11.4. The molecule has 0 radical (unpaired) electrons. The van der Waals surface area contributed by atoms with Crippen LogP contribution < -0.4 is 4.74 Å². The molecule has 1 amide bonds. The maximum atomic E-state index is 14.0. The van der Waals surface area contributed by atoms with E-state index in [1.807, 2.05) is 97.9 Å². The lowest BCUT2D eigenvalue weighted by atomic mass is 10.1. The predicted octanol–water partition coefficient (Wildman–Crippen LogP) is 5.41. The topological polar surface area (TPSA) is 50.6 Å². The van der Waals surface area contributed by atoms with Crippen molar-refractivity contribution in [3.63, 3.8) is 0 Å². The number of nitrogens with zero attached hydrogens (tertiary/aromatic N) is 4. The van der Waals surface area contributed by atoms with Crippen LogP contribution in [0.25, 0.3) is 16.9 Å². The summed E-state index contributed by atoms with van der Waals surface area (Å²) < 4.78 is 6.97. The number of methoxy groups -OCH3 is 1. The number of hydrogen-bond donors (Lipinski definition) is 0. The van der Waals surface area contributed by atoms with Crippen LogP contribution >= 0.6 is 11.6 Å². The minimum Gasteiger partial charge on any atom is -0.497 e. The third kappa shape index (κ3) is 6.10. The first-order chi connectivity index (χ1) is 16.9. The van der Waals surface area contributed by atoms with Crippen LogP contribution in [0.4, 0.5) is 0 Å². The second kappa shape index (κ2) is 11.2. The Morgan fingerprint density at radius 3 is 2.34 bits per heavy atom. The second-order valence-electron chi connectivity index (χ2n) is 8.55. The van der Waals surface area contributed by atoms with E-state index in [4.69, 9.17) is 21.4 Å². The van der Waals surface area contributed by atoms with Gasteiger partial charge in [0.25, 0.3) is 5.91 Å². The molecule has 180 valence electrons. The van der Waals surface area contributed by atoms with Crippen molar-refractivity contribution < 1.29 is 9.53 Å². The predicted molar refractivity (Wildman–Crippen MR) is 140 cm³/mol. The van der Waals surface area contributed by atoms with Crippen molar-refractivity contribution in [2.45, 2.75) is 6.54 Å². The molecule has 6 nitrogen and oxygen atoms in total. The molecule has 1 heterocycles. The summed E-state index contributed by atoms with van der Waals surface area (Å²) in [5.41, 5.74) is 3.87. The van der Waals surface area contributed by atoms with E-state index in [2.05, 4.69) is 4.90 Å². The zero-order valence-corrected chi connectivity index (χ0v) is 20.9. The Morgan fingerprint density at radius 1 is 0.943 bits per heavy atom. The van der Waals surface area contributed by atoms with E-state index in [0.29, 0.717) is 29.5 Å². The van der Waals surface area contributed by atoms with E-state index in [0.717, 1.165) is 29.1 Å². The first kappa shape index (κ1) is 24.5. The summed E-state index contributed by atoms with van der Waals surface area (Å²) in [4.78, 5) is 17.9. The molecule has 0 N–H and O–H groups in total. The van der Waals surface area contributed by atoms with E-state index in [-0.39, 0.29) is 5.91 Å². The summed E-state index contributed by atoms with van der Waals surface area (Å²) in [7, 11) is 5.64. The van der Waals surface area contributed by atoms with Gasteiger partial charge in [-0.25, -0.2) is 4.68 Å². The number of carbonyl (C=O) groups is 1. The van der Waals surface area contributed by atoms with Crippen LogP contribution in [0.5, 0.6) is 5.75 Å². The molecule has 1 aromatic heterocycles. The molecule has 0 aliphatic heterocycles. The van der Waals surface area contributed by atoms with Gasteiger partial charge in [-0.2, -0.15) is 5.10 Å². The van der Waals surface area contributed by atoms with Crippen LogP contribution in [0.2, 0.25) is 5.02 Å². The monoisotopic (exact) mass is 488 g/mol. The maximum absolute atomic E-state index is 14.0. The Labute approximate surface area is 211 Å². The summed E-state index contributed by atoms with van der Waals surface area (Å²) in [6, 6.07) is 26.9. The molecule has 4 rings (SSSR count). The Hall–Kier alpha value is -3.61. The average molecular weight is 489 g/mol. The van der Waals surface area contributed by atoms with Gasteiger partial charge >= 0.3 is 0 Å². The number of rotatable bonds is 9. The van der Waals surface area contributed by atoms with Crippen molar-refractivity contribution in [2.24, 2.45) is 0 Å². The molecular formula is C28H29ClN4O2. The number of hydrogen-bond acceptors (Lipinski definition) is 4. The zero-order valence-electron chi connectivity index (χ0n) is 20.2. The van der Waals surface area contributed by atoms with Gasteiger partial charge in [0.1, 0.15) is 11.4 Å². The summed E-state index contributed by atoms with van der Waals surface area (Å²) in [6.45, 7) is 1.83. The Bertz CT molecular complexity index is 1270. The lowest BCUT2D eigenvalue weighted by molar-refractivity contribution is 0.0722. The smallest absolute Gasteiger partial charge is 0.272 e. The number of carbonyl (C=O) groups excluding carboxylic acids is 1. The number of amides is 1. The highest BCUT2D eigenvalue weighted by atomic mass is 35.5. The summed E-state index contributed by atoms with van der Waals surface area (Å²) >= 11 is 6.28. The van der Waals surface area contributed by atoms with Gasteiger partial charge in [0.2, 0.25) is 0 Å². The van der Waals surface area contributed by atoms with E-state index in [1.54, 1.807) is 17.9 Å². The van der Waals surface area contributed by atoms with Gasteiger partial charge < -0.3 is 14.5 Å². The molecule has 0 saturated heterocycles. The number of ether oxygens (including phenoxy) is 1. The third-order valence-electron chi connectivity index (χ3n) is 5.69. The van der Waals surface area contributed by atoms with Gasteiger partial charge in [0.05, 0.1) is 18.5 Å². The number of benzene rings is 3. The maximum Gasteiger partial charge on any atom is 0.272 e. The molecule has 0 bridgehead atoms. The largest absolute Gasteiger partial charge is 0.497 e. The fourth-order valence-corrected chi connectivity index (χ4v) is 3.96. The molecule has 4 aromatic rings. The van der Waals surface area contributed by atoms with Gasteiger partial charge in [-0.15, -0.1) is 0 Å². The van der Waals surface area contributed by atoms with Gasteiger partial charge in [0.15, 0.2) is 0 Å². The quantitative estimate of drug-likeness (QED) is 0.316. The van der Waals surface area contributed by atoms with Crippen LogP contribution in [0.1, 0.15) is 16.1 Å². The van der Waals surface area contributed by atoms with E-state index >= 15 is 0 Å². The van der Waals surface area contributed by atoms with Crippen molar-refractivity contribution >= 4 is 17.5 Å². The highest BCUT2D eigenvalue weighted by Gasteiger charge is 2.23. The highest BCUT2D eigenvalue weighted by Crippen LogP contribution is 2.26.